The maximum Gasteiger partial charge on any atom is 0.309 e. The number of nitriles is 1. The topological polar surface area (TPSA) is 116 Å². The summed E-state index contributed by atoms with van der Waals surface area (Å²) in [6.45, 7) is 5.27. The normalized spacial score (nSPS) is 25.7. The van der Waals surface area contributed by atoms with Crippen LogP contribution in [0.4, 0.5) is 0 Å². The molecule has 0 aromatic carbocycles. The van der Waals surface area contributed by atoms with E-state index in [4.69, 9.17) is 10.00 Å². The number of aliphatic hydroxyl groups is 1. The van der Waals surface area contributed by atoms with Gasteiger partial charge in [0, 0.05) is 12.5 Å². The van der Waals surface area contributed by atoms with E-state index in [0.717, 1.165) is 0 Å². The lowest BCUT2D eigenvalue weighted by Gasteiger charge is -2.22. The zero-order valence-corrected chi connectivity index (χ0v) is 14.0. The Bertz CT molecular complexity index is 532. The van der Waals surface area contributed by atoms with Gasteiger partial charge in [-0.2, -0.15) is 5.26 Å². The molecular weight excluding hydrogens is 308 g/mol. The molecule has 3 atom stereocenters. The van der Waals surface area contributed by atoms with E-state index in [9.17, 15) is 18.3 Å². The van der Waals surface area contributed by atoms with Crippen LogP contribution in [0.1, 0.15) is 46.5 Å². The summed E-state index contributed by atoms with van der Waals surface area (Å²) < 4.78 is 31.4. The number of aliphatic hydroxyl groups excluding tert-OH is 1. The molecule has 8 heteroatoms. The van der Waals surface area contributed by atoms with Crippen molar-refractivity contribution < 1.29 is 23.1 Å². The highest BCUT2D eigenvalue weighted by Crippen LogP contribution is 2.29. The predicted molar refractivity (Wildman–Crippen MR) is 80.1 cm³/mol. The molecule has 1 rings (SSSR count). The summed E-state index contributed by atoms with van der Waals surface area (Å²) in [6.07, 6.45) is -0.115. The Labute approximate surface area is 131 Å². The van der Waals surface area contributed by atoms with Gasteiger partial charge in [0.05, 0.1) is 23.8 Å². The Morgan fingerprint density at radius 3 is 2.59 bits per heavy atom. The lowest BCUT2D eigenvalue weighted by Crippen LogP contribution is -2.41. The van der Waals surface area contributed by atoms with E-state index in [1.807, 2.05) is 6.07 Å². The summed E-state index contributed by atoms with van der Waals surface area (Å²) >= 11 is 0. The molecular formula is C14H24N2O5S. The Morgan fingerprint density at radius 1 is 1.41 bits per heavy atom. The first-order valence-corrected chi connectivity index (χ1v) is 8.97. The standard InChI is InChI=1S/C14H24N2O5S/c1-14(2,3)21-13(18)10-8-11(12(17)9-10)16-22(19,20)7-5-4-6-15/h10-12,16-17H,4-5,7-9H2,1-3H3/t10-,11+,12-/m0/s1. The summed E-state index contributed by atoms with van der Waals surface area (Å²) in [5.41, 5.74) is -0.614. The first-order valence-electron chi connectivity index (χ1n) is 7.32. The smallest absolute Gasteiger partial charge is 0.309 e. The van der Waals surface area contributed by atoms with E-state index in [2.05, 4.69) is 4.72 Å². The van der Waals surface area contributed by atoms with Crippen molar-refractivity contribution in [2.75, 3.05) is 5.75 Å². The minimum absolute atomic E-state index is 0.161. The van der Waals surface area contributed by atoms with Crippen molar-refractivity contribution in [2.24, 2.45) is 5.92 Å². The Morgan fingerprint density at radius 2 is 2.05 bits per heavy atom. The van der Waals surface area contributed by atoms with Crippen LogP contribution >= 0.6 is 0 Å². The van der Waals surface area contributed by atoms with E-state index in [1.165, 1.54) is 0 Å². The van der Waals surface area contributed by atoms with Crippen LogP contribution in [0.15, 0.2) is 0 Å². The van der Waals surface area contributed by atoms with Gasteiger partial charge in [-0.15, -0.1) is 0 Å². The summed E-state index contributed by atoms with van der Waals surface area (Å²) in [5.74, 6) is -1.10. The number of carbonyl (C=O) groups is 1. The number of esters is 1. The van der Waals surface area contributed by atoms with Crippen LogP contribution in [0.2, 0.25) is 0 Å². The molecule has 1 saturated carbocycles. The summed E-state index contributed by atoms with van der Waals surface area (Å²) in [6, 6.07) is 1.19. The highest BCUT2D eigenvalue weighted by molar-refractivity contribution is 7.89. The predicted octanol–water partition coefficient (Wildman–Crippen LogP) is 0.691. The summed E-state index contributed by atoms with van der Waals surface area (Å²) in [5, 5.41) is 18.4. The first-order chi connectivity index (χ1) is 10.0. The van der Waals surface area contributed by atoms with Gasteiger partial charge in [-0.1, -0.05) is 0 Å². The maximum atomic E-state index is 12.0. The zero-order valence-electron chi connectivity index (χ0n) is 13.2. The third-order valence-electron chi connectivity index (χ3n) is 3.30. The zero-order chi connectivity index (χ0) is 17.0. The van der Waals surface area contributed by atoms with Gasteiger partial charge in [0.25, 0.3) is 0 Å². The van der Waals surface area contributed by atoms with Gasteiger partial charge in [0.15, 0.2) is 0 Å². The van der Waals surface area contributed by atoms with Crippen molar-refractivity contribution in [3.63, 3.8) is 0 Å². The van der Waals surface area contributed by atoms with E-state index in [0.29, 0.717) is 0 Å². The largest absolute Gasteiger partial charge is 0.460 e. The molecule has 0 bridgehead atoms. The number of unbranched alkanes of at least 4 members (excludes halogenated alkanes) is 1. The third kappa shape index (κ3) is 6.30. The van der Waals surface area contributed by atoms with Crippen LogP contribution < -0.4 is 4.72 Å². The maximum absolute atomic E-state index is 12.0. The lowest BCUT2D eigenvalue weighted by molar-refractivity contribution is -0.160. The lowest BCUT2D eigenvalue weighted by atomic mass is 10.1. The summed E-state index contributed by atoms with van der Waals surface area (Å²) in [7, 11) is -3.57. The minimum Gasteiger partial charge on any atom is -0.460 e. The number of ether oxygens (including phenoxy) is 1. The molecule has 0 aromatic heterocycles. The van der Waals surface area contributed by atoms with Crippen molar-refractivity contribution >= 4 is 16.0 Å². The van der Waals surface area contributed by atoms with Crippen LogP contribution in [0, 0.1) is 17.2 Å². The van der Waals surface area contributed by atoms with Gasteiger partial charge in [-0.05, 0) is 40.0 Å². The molecule has 0 aliphatic heterocycles. The fourth-order valence-electron chi connectivity index (χ4n) is 2.35. The Kier molecular flexibility index (Phi) is 6.35. The van der Waals surface area contributed by atoms with Crippen molar-refractivity contribution in [3.05, 3.63) is 0 Å². The Hall–Kier alpha value is -1.17. The fraction of sp³-hybridized carbons (Fsp3) is 0.857. The Balaban J connectivity index is 2.57. The second-order valence-electron chi connectivity index (χ2n) is 6.57. The molecule has 0 radical (unpaired) electrons. The number of hydrogen-bond acceptors (Lipinski definition) is 6. The molecule has 7 nitrogen and oxygen atoms in total. The number of rotatable bonds is 6. The molecule has 0 spiro atoms. The minimum atomic E-state index is -3.57. The molecule has 1 fully saturated rings. The van der Waals surface area contributed by atoms with Gasteiger partial charge in [0.1, 0.15) is 5.60 Å². The van der Waals surface area contributed by atoms with Crippen molar-refractivity contribution in [2.45, 2.75) is 64.2 Å². The fourth-order valence-corrected chi connectivity index (χ4v) is 3.71. The molecule has 0 unspecified atom stereocenters. The van der Waals surface area contributed by atoms with Crippen LogP contribution in [-0.4, -0.2) is 43.0 Å². The van der Waals surface area contributed by atoms with Gasteiger partial charge in [-0.25, -0.2) is 13.1 Å². The van der Waals surface area contributed by atoms with Crippen molar-refractivity contribution in [1.82, 2.24) is 4.72 Å². The number of nitrogens with zero attached hydrogens (tertiary/aromatic N) is 1. The molecule has 2 N–H and O–H groups in total. The van der Waals surface area contributed by atoms with Crippen LogP contribution in [0.3, 0.4) is 0 Å². The number of sulfonamides is 1. The van der Waals surface area contributed by atoms with Gasteiger partial charge in [0.2, 0.25) is 10.0 Å². The second-order valence-corrected chi connectivity index (χ2v) is 8.45. The average Bonchev–Trinajstić information content (AvgIpc) is 2.68. The molecule has 1 aliphatic rings. The molecule has 0 saturated heterocycles. The second kappa shape index (κ2) is 7.40. The first kappa shape index (κ1) is 18.9. The third-order valence-corrected chi connectivity index (χ3v) is 4.79. The molecule has 22 heavy (non-hydrogen) atoms. The van der Waals surface area contributed by atoms with Gasteiger partial charge < -0.3 is 9.84 Å². The van der Waals surface area contributed by atoms with Crippen molar-refractivity contribution in [3.8, 4) is 6.07 Å². The molecule has 0 heterocycles. The monoisotopic (exact) mass is 332 g/mol. The highest BCUT2D eigenvalue weighted by atomic mass is 32.2. The van der Waals surface area contributed by atoms with Crippen molar-refractivity contribution in [1.29, 1.82) is 5.26 Å². The van der Waals surface area contributed by atoms with Gasteiger partial charge in [-0.3, -0.25) is 4.79 Å². The van der Waals surface area contributed by atoms with E-state index in [1.54, 1.807) is 20.8 Å². The summed E-state index contributed by atoms with van der Waals surface area (Å²) in [4.78, 5) is 12.0. The molecule has 1 aliphatic carbocycles. The van der Waals surface area contributed by atoms with Gasteiger partial charge >= 0.3 is 5.97 Å². The number of carbonyl (C=O) groups excluding carboxylic acids is 1. The van der Waals surface area contributed by atoms with E-state index in [-0.39, 0.29) is 31.4 Å². The molecule has 0 aromatic rings. The SMILES string of the molecule is CC(C)(C)OC(=O)[C@@H]1C[C@H](O)[C@H](NS(=O)(=O)CCCC#N)C1. The van der Waals surface area contributed by atoms with Crippen LogP contribution in [0.5, 0.6) is 0 Å². The van der Waals surface area contributed by atoms with E-state index < -0.39 is 39.7 Å². The van der Waals surface area contributed by atoms with Crippen LogP contribution in [0.25, 0.3) is 0 Å². The average molecular weight is 332 g/mol. The quantitative estimate of drug-likeness (QED) is 0.546. The van der Waals surface area contributed by atoms with Crippen LogP contribution in [-0.2, 0) is 19.6 Å². The molecule has 126 valence electrons. The number of nitrogens with one attached hydrogen (secondary N) is 1. The highest BCUT2D eigenvalue weighted by Gasteiger charge is 2.40. The van der Waals surface area contributed by atoms with E-state index >= 15 is 0 Å². The number of hydrogen-bond donors (Lipinski definition) is 2. The molecule has 0 amide bonds.